The summed E-state index contributed by atoms with van der Waals surface area (Å²) in [5.41, 5.74) is 0.616. The first-order chi connectivity index (χ1) is 10.9. The number of amides is 1. The second-order valence-corrected chi connectivity index (χ2v) is 7.66. The molecule has 128 valence electrons. The third kappa shape index (κ3) is 5.24. The van der Waals surface area contributed by atoms with Crippen molar-refractivity contribution in [2.75, 3.05) is 19.6 Å². The SMILES string of the molecule is O=C(NCC1CCCNC1)c1ccc(CS(=O)(=O)C(F)F)cc1. The van der Waals surface area contributed by atoms with E-state index in [-0.39, 0.29) is 11.5 Å². The summed E-state index contributed by atoms with van der Waals surface area (Å²) in [7, 11) is -4.45. The molecular weight excluding hydrogens is 326 g/mol. The van der Waals surface area contributed by atoms with Gasteiger partial charge in [0.05, 0.1) is 5.75 Å². The van der Waals surface area contributed by atoms with Crippen LogP contribution in [-0.4, -0.2) is 39.7 Å². The fourth-order valence-corrected chi connectivity index (χ4v) is 3.27. The topological polar surface area (TPSA) is 75.3 Å². The van der Waals surface area contributed by atoms with Crippen LogP contribution in [0.3, 0.4) is 0 Å². The largest absolute Gasteiger partial charge is 0.352 e. The van der Waals surface area contributed by atoms with Gasteiger partial charge in [0.15, 0.2) is 0 Å². The molecule has 1 aliphatic heterocycles. The van der Waals surface area contributed by atoms with E-state index in [1.807, 2.05) is 0 Å². The lowest BCUT2D eigenvalue weighted by Crippen LogP contribution is -2.38. The van der Waals surface area contributed by atoms with Crippen molar-refractivity contribution >= 4 is 15.7 Å². The molecule has 1 fully saturated rings. The normalized spacial score (nSPS) is 18.8. The van der Waals surface area contributed by atoms with Crippen molar-refractivity contribution in [1.82, 2.24) is 10.6 Å². The third-order valence-corrected chi connectivity index (χ3v) is 5.08. The Balaban J connectivity index is 1.89. The number of carbonyl (C=O) groups excluding carboxylic acids is 1. The van der Waals surface area contributed by atoms with Gasteiger partial charge in [-0.3, -0.25) is 4.79 Å². The number of hydrogen-bond donors (Lipinski definition) is 2. The van der Waals surface area contributed by atoms with Crippen molar-refractivity contribution in [1.29, 1.82) is 0 Å². The van der Waals surface area contributed by atoms with Crippen molar-refractivity contribution < 1.29 is 22.0 Å². The first-order valence-corrected chi connectivity index (χ1v) is 9.17. The van der Waals surface area contributed by atoms with E-state index in [0.717, 1.165) is 25.9 Å². The number of halogens is 2. The molecule has 0 spiro atoms. The van der Waals surface area contributed by atoms with Crippen LogP contribution in [0, 0.1) is 5.92 Å². The van der Waals surface area contributed by atoms with Gasteiger partial charge in [-0.2, -0.15) is 8.78 Å². The number of hydrogen-bond acceptors (Lipinski definition) is 4. The lowest BCUT2D eigenvalue weighted by Gasteiger charge is -2.22. The van der Waals surface area contributed by atoms with Gasteiger partial charge in [-0.1, -0.05) is 12.1 Å². The predicted octanol–water partition coefficient (Wildman–Crippen LogP) is 1.55. The fourth-order valence-electron chi connectivity index (χ4n) is 2.48. The molecule has 1 aliphatic rings. The Morgan fingerprint density at radius 3 is 2.57 bits per heavy atom. The van der Waals surface area contributed by atoms with Crippen LogP contribution >= 0.6 is 0 Å². The molecule has 2 rings (SSSR count). The Morgan fingerprint density at radius 2 is 2.00 bits per heavy atom. The van der Waals surface area contributed by atoms with Gasteiger partial charge < -0.3 is 10.6 Å². The maximum Gasteiger partial charge on any atom is 0.337 e. The first-order valence-electron chi connectivity index (χ1n) is 7.46. The van der Waals surface area contributed by atoms with Crippen LogP contribution < -0.4 is 10.6 Å². The highest BCUT2D eigenvalue weighted by Crippen LogP contribution is 2.14. The minimum absolute atomic E-state index is 0.235. The Hall–Kier alpha value is -1.54. The zero-order valence-electron chi connectivity index (χ0n) is 12.6. The molecule has 0 bridgehead atoms. The van der Waals surface area contributed by atoms with Gasteiger partial charge >= 0.3 is 5.76 Å². The zero-order valence-corrected chi connectivity index (χ0v) is 13.4. The summed E-state index contributed by atoms with van der Waals surface area (Å²) in [6, 6.07) is 5.67. The third-order valence-electron chi connectivity index (χ3n) is 3.81. The average Bonchev–Trinajstić information content (AvgIpc) is 2.54. The zero-order chi connectivity index (χ0) is 16.9. The molecule has 1 atom stereocenters. The van der Waals surface area contributed by atoms with E-state index < -0.39 is 21.3 Å². The Labute approximate surface area is 134 Å². The van der Waals surface area contributed by atoms with Crippen molar-refractivity contribution in [3.05, 3.63) is 35.4 Å². The molecule has 2 N–H and O–H groups in total. The highest BCUT2D eigenvalue weighted by molar-refractivity contribution is 7.90. The fraction of sp³-hybridized carbons (Fsp3) is 0.533. The van der Waals surface area contributed by atoms with E-state index in [9.17, 15) is 22.0 Å². The Kier molecular flexibility index (Phi) is 6.06. The second-order valence-electron chi connectivity index (χ2n) is 5.69. The molecule has 0 saturated carbocycles. The summed E-state index contributed by atoms with van der Waals surface area (Å²) in [4.78, 5) is 12.0. The number of sulfone groups is 1. The lowest BCUT2D eigenvalue weighted by molar-refractivity contribution is 0.0945. The van der Waals surface area contributed by atoms with Gasteiger partial charge in [0.25, 0.3) is 5.91 Å². The molecule has 1 saturated heterocycles. The predicted molar refractivity (Wildman–Crippen MR) is 83.0 cm³/mol. The summed E-state index contributed by atoms with van der Waals surface area (Å²) in [6.07, 6.45) is 2.16. The van der Waals surface area contributed by atoms with Crippen molar-refractivity contribution in [2.24, 2.45) is 5.92 Å². The van der Waals surface area contributed by atoms with Crippen LogP contribution in [0.25, 0.3) is 0 Å². The van der Waals surface area contributed by atoms with E-state index in [2.05, 4.69) is 10.6 Å². The highest BCUT2D eigenvalue weighted by Gasteiger charge is 2.24. The molecule has 0 aromatic heterocycles. The highest BCUT2D eigenvalue weighted by atomic mass is 32.2. The van der Waals surface area contributed by atoms with Crippen molar-refractivity contribution in [3.8, 4) is 0 Å². The monoisotopic (exact) mass is 346 g/mol. The summed E-state index contributed by atoms with van der Waals surface area (Å²) >= 11 is 0. The number of alkyl halides is 2. The summed E-state index contributed by atoms with van der Waals surface area (Å²) < 4.78 is 47.0. The van der Waals surface area contributed by atoms with Gasteiger partial charge in [-0.05, 0) is 49.5 Å². The lowest BCUT2D eigenvalue weighted by atomic mass is 9.99. The second kappa shape index (κ2) is 7.83. The van der Waals surface area contributed by atoms with Crippen LogP contribution in [0.15, 0.2) is 24.3 Å². The van der Waals surface area contributed by atoms with E-state index in [0.29, 0.717) is 18.0 Å². The Bertz CT molecular complexity index is 627. The van der Waals surface area contributed by atoms with Crippen LogP contribution in [-0.2, 0) is 15.6 Å². The van der Waals surface area contributed by atoms with Crippen molar-refractivity contribution in [3.63, 3.8) is 0 Å². The smallest absolute Gasteiger partial charge is 0.337 e. The van der Waals surface area contributed by atoms with E-state index >= 15 is 0 Å². The molecule has 8 heteroatoms. The molecule has 1 heterocycles. The molecule has 1 aromatic carbocycles. The molecule has 5 nitrogen and oxygen atoms in total. The number of carbonyl (C=O) groups is 1. The van der Waals surface area contributed by atoms with Gasteiger partial charge in [-0.15, -0.1) is 0 Å². The van der Waals surface area contributed by atoms with Crippen LogP contribution in [0.5, 0.6) is 0 Å². The molecule has 1 amide bonds. The molecule has 1 aromatic rings. The van der Waals surface area contributed by atoms with Crippen LogP contribution in [0.1, 0.15) is 28.8 Å². The summed E-state index contributed by atoms with van der Waals surface area (Å²) in [6.45, 7) is 2.46. The molecular formula is C15H20F2N2O3S. The average molecular weight is 346 g/mol. The van der Waals surface area contributed by atoms with Gasteiger partial charge in [-0.25, -0.2) is 8.42 Å². The van der Waals surface area contributed by atoms with Crippen LogP contribution in [0.2, 0.25) is 0 Å². The minimum atomic E-state index is -4.45. The summed E-state index contributed by atoms with van der Waals surface area (Å²) in [5, 5.41) is 6.10. The Morgan fingerprint density at radius 1 is 1.30 bits per heavy atom. The van der Waals surface area contributed by atoms with Crippen LogP contribution in [0.4, 0.5) is 8.78 Å². The van der Waals surface area contributed by atoms with Gasteiger partial charge in [0.1, 0.15) is 0 Å². The van der Waals surface area contributed by atoms with E-state index in [4.69, 9.17) is 0 Å². The molecule has 23 heavy (non-hydrogen) atoms. The number of benzene rings is 1. The number of piperidine rings is 1. The molecule has 0 radical (unpaired) electrons. The molecule has 1 unspecified atom stereocenters. The van der Waals surface area contributed by atoms with E-state index in [1.165, 1.54) is 24.3 Å². The number of nitrogens with one attached hydrogen (secondary N) is 2. The molecule has 0 aliphatic carbocycles. The quantitative estimate of drug-likeness (QED) is 0.820. The van der Waals surface area contributed by atoms with Gasteiger partial charge in [0, 0.05) is 12.1 Å². The van der Waals surface area contributed by atoms with E-state index in [1.54, 1.807) is 0 Å². The maximum absolute atomic E-state index is 12.3. The maximum atomic E-state index is 12.3. The number of rotatable bonds is 6. The standard InChI is InChI=1S/C15H20F2N2O3S/c16-15(17)23(21,22)10-11-3-5-13(6-4-11)14(20)19-9-12-2-1-7-18-8-12/h3-6,12,15,18H,1-2,7-10H2,(H,19,20). The van der Waals surface area contributed by atoms with Crippen molar-refractivity contribution in [2.45, 2.75) is 24.4 Å². The first kappa shape index (κ1) is 17.8. The summed E-state index contributed by atoms with van der Waals surface area (Å²) in [5.74, 6) is -3.98. The van der Waals surface area contributed by atoms with Gasteiger partial charge in [0.2, 0.25) is 9.84 Å². The minimum Gasteiger partial charge on any atom is -0.352 e.